The van der Waals surface area contributed by atoms with E-state index in [9.17, 15) is 19.2 Å². The molecule has 0 saturated heterocycles. The van der Waals surface area contributed by atoms with Gasteiger partial charge in [0.2, 0.25) is 5.91 Å². The van der Waals surface area contributed by atoms with Crippen LogP contribution >= 0.6 is 0 Å². The maximum Gasteiger partial charge on any atom is 0.328 e. The third-order valence-corrected chi connectivity index (χ3v) is 6.57. The molecule has 0 saturated carbocycles. The Balaban J connectivity index is 1.57. The van der Waals surface area contributed by atoms with E-state index in [1.54, 1.807) is 43.3 Å². The van der Waals surface area contributed by atoms with Gasteiger partial charge in [0.1, 0.15) is 41.2 Å². The molecule has 3 aromatic rings. The SMILES string of the molecule is CCOC1(CCC(=O)NC(C)C(=O)OCc2ccccc2)c2ccc(OC(C)=O)cc2Oc2cc(OC(C)=O)ccc21. The number of esters is 3. The second-order valence-corrected chi connectivity index (χ2v) is 9.75. The van der Waals surface area contributed by atoms with Crippen LogP contribution in [0.1, 0.15) is 57.2 Å². The summed E-state index contributed by atoms with van der Waals surface area (Å²) in [5.41, 5.74) is 0.941. The van der Waals surface area contributed by atoms with Crippen LogP contribution in [0.3, 0.4) is 0 Å². The predicted molar refractivity (Wildman–Crippen MR) is 151 cm³/mol. The molecule has 0 aliphatic carbocycles. The first-order valence-electron chi connectivity index (χ1n) is 13.6. The number of hydrogen-bond acceptors (Lipinski definition) is 9. The lowest BCUT2D eigenvalue weighted by Crippen LogP contribution is -2.41. The van der Waals surface area contributed by atoms with E-state index in [1.807, 2.05) is 37.3 Å². The van der Waals surface area contributed by atoms with Crippen molar-refractivity contribution in [2.24, 2.45) is 0 Å². The Kier molecular flexibility index (Phi) is 9.59. The molecule has 1 aliphatic rings. The van der Waals surface area contributed by atoms with Crippen LogP contribution in [0.25, 0.3) is 0 Å². The van der Waals surface area contributed by atoms with Gasteiger partial charge in [-0.3, -0.25) is 14.4 Å². The van der Waals surface area contributed by atoms with E-state index in [-0.39, 0.29) is 36.9 Å². The Morgan fingerprint density at radius 2 is 1.43 bits per heavy atom. The summed E-state index contributed by atoms with van der Waals surface area (Å²) >= 11 is 0. The van der Waals surface area contributed by atoms with Gasteiger partial charge in [-0.25, -0.2) is 4.79 Å². The Bertz CT molecular complexity index is 1400. The molecule has 1 unspecified atom stereocenters. The number of hydrogen-bond donors (Lipinski definition) is 1. The van der Waals surface area contributed by atoms with Crippen LogP contribution in [0.4, 0.5) is 0 Å². The quantitative estimate of drug-likeness (QED) is 0.250. The number of nitrogens with one attached hydrogen (secondary N) is 1. The molecular formula is C32H33NO9. The van der Waals surface area contributed by atoms with Crippen LogP contribution in [-0.4, -0.2) is 36.5 Å². The maximum absolute atomic E-state index is 13.1. The summed E-state index contributed by atoms with van der Waals surface area (Å²) < 4.78 is 28.4. The smallest absolute Gasteiger partial charge is 0.328 e. The first kappa shape index (κ1) is 30.3. The molecule has 1 heterocycles. The zero-order chi connectivity index (χ0) is 30.3. The van der Waals surface area contributed by atoms with Crippen molar-refractivity contribution in [2.45, 2.75) is 58.8 Å². The molecule has 0 spiro atoms. The molecule has 3 aromatic carbocycles. The minimum Gasteiger partial charge on any atom is -0.459 e. The Morgan fingerprint density at radius 1 is 0.857 bits per heavy atom. The molecule has 0 fully saturated rings. The van der Waals surface area contributed by atoms with Gasteiger partial charge >= 0.3 is 17.9 Å². The van der Waals surface area contributed by atoms with Crippen molar-refractivity contribution >= 4 is 23.8 Å². The van der Waals surface area contributed by atoms with E-state index < -0.39 is 29.6 Å². The number of benzene rings is 3. The van der Waals surface area contributed by atoms with Crippen LogP contribution in [0.15, 0.2) is 66.7 Å². The minimum atomic E-state index is -1.14. The van der Waals surface area contributed by atoms with Crippen molar-refractivity contribution in [3.63, 3.8) is 0 Å². The van der Waals surface area contributed by atoms with Gasteiger partial charge in [0.25, 0.3) is 0 Å². The topological polar surface area (TPSA) is 126 Å². The summed E-state index contributed by atoms with van der Waals surface area (Å²) in [6.45, 7) is 6.38. The Hall–Kier alpha value is -4.70. The summed E-state index contributed by atoms with van der Waals surface area (Å²) in [5.74, 6) is -0.662. The molecule has 1 atom stereocenters. The van der Waals surface area contributed by atoms with E-state index >= 15 is 0 Å². The lowest BCUT2D eigenvalue weighted by molar-refractivity contribution is -0.148. The molecular weight excluding hydrogens is 542 g/mol. The number of carbonyl (C=O) groups is 4. The van der Waals surface area contributed by atoms with Gasteiger partial charge in [-0.15, -0.1) is 0 Å². The fraction of sp³-hybridized carbons (Fsp3) is 0.312. The number of amides is 1. The fourth-order valence-corrected chi connectivity index (χ4v) is 4.82. The van der Waals surface area contributed by atoms with Gasteiger partial charge in [-0.05, 0) is 50.1 Å². The maximum atomic E-state index is 13.1. The lowest BCUT2D eigenvalue weighted by Gasteiger charge is -2.40. The Labute approximate surface area is 243 Å². The summed E-state index contributed by atoms with van der Waals surface area (Å²) in [6.07, 6.45) is 0.175. The number of rotatable bonds is 11. The van der Waals surface area contributed by atoms with Crippen molar-refractivity contribution in [1.82, 2.24) is 5.32 Å². The molecule has 42 heavy (non-hydrogen) atoms. The molecule has 0 radical (unpaired) electrons. The molecule has 0 bridgehead atoms. The molecule has 0 aromatic heterocycles. The fourth-order valence-electron chi connectivity index (χ4n) is 4.82. The van der Waals surface area contributed by atoms with E-state index in [4.69, 9.17) is 23.7 Å². The van der Waals surface area contributed by atoms with Crippen molar-refractivity contribution in [3.05, 3.63) is 83.4 Å². The van der Waals surface area contributed by atoms with Gasteiger partial charge in [0, 0.05) is 50.1 Å². The number of carbonyl (C=O) groups excluding carboxylic acids is 4. The highest BCUT2D eigenvalue weighted by Gasteiger charge is 2.44. The van der Waals surface area contributed by atoms with Gasteiger partial charge in [0.05, 0.1) is 0 Å². The zero-order valence-corrected chi connectivity index (χ0v) is 23.9. The average Bonchev–Trinajstić information content (AvgIpc) is 2.94. The van der Waals surface area contributed by atoms with Gasteiger partial charge < -0.3 is 29.0 Å². The lowest BCUT2D eigenvalue weighted by atomic mass is 9.79. The molecule has 10 heteroatoms. The highest BCUT2D eigenvalue weighted by molar-refractivity contribution is 5.84. The van der Waals surface area contributed by atoms with Gasteiger partial charge in [-0.1, -0.05) is 30.3 Å². The van der Waals surface area contributed by atoms with Crippen LogP contribution < -0.4 is 19.5 Å². The molecule has 1 N–H and O–H groups in total. The van der Waals surface area contributed by atoms with E-state index in [2.05, 4.69) is 5.32 Å². The van der Waals surface area contributed by atoms with Gasteiger partial charge in [-0.2, -0.15) is 0 Å². The normalized spacial score (nSPS) is 13.4. The number of fused-ring (bicyclic) bond motifs is 2. The zero-order valence-electron chi connectivity index (χ0n) is 23.9. The molecule has 220 valence electrons. The summed E-state index contributed by atoms with van der Waals surface area (Å²) in [5, 5.41) is 2.71. The summed E-state index contributed by atoms with van der Waals surface area (Å²) in [7, 11) is 0. The van der Waals surface area contributed by atoms with E-state index in [0.717, 1.165) is 5.56 Å². The van der Waals surface area contributed by atoms with Crippen molar-refractivity contribution in [1.29, 1.82) is 0 Å². The third-order valence-electron chi connectivity index (χ3n) is 6.57. The minimum absolute atomic E-state index is 0.00736. The average molecular weight is 576 g/mol. The standard InChI is InChI=1S/C32H33NO9/c1-5-39-32(16-15-30(36)33-20(2)31(37)38-19-23-9-7-6-8-10-23)26-13-11-24(40-21(3)34)17-28(26)42-29-18-25(41-22(4)35)12-14-27(29)32/h6-14,17-18,20H,5,15-16,19H2,1-4H3,(H,33,36). The number of ether oxygens (including phenoxy) is 5. The predicted octanol–water partition coefficient (Wildman–Crippen LogP) is 4.95. The van der Waals surface area contributed by atoms with E-state index in [0.29, 0.717) is 29.2 Å². The highest BCUT2D eigenvalue weighted by Crippen LogP contribution is 2.52. The highest BCUT2D eigenvalue weighted by atomic mass is 16.5. The molecule has 10 nitrogen and oxygen atoms in total. The largest absolute Gasteiger partial charge is 0.459 e. The van der Waals surface area contributed by atoms with Crippen LogP contribution in [0.5, 0.6) is 23.0 Å². The summed E-state index contributed by atoms with van der Waals surface area (Å²) in [4.78, 5) is 48.7. The van der Waals surface area contributed by atoms with Crippen LogP contribution in [0, 0.1) is 0 Å². The molecule has 1 amide bonds. The second kappa shape index (κ2) is 13.3. The molecule has 1 aliphatic heterocycles. The van der Waals surface area contributed by atoms with Crippen LogP contribution in [-0.2, 0) is 40.9 Å². The van der Waals surface area contributed by atoms with E-state index in [1.165, 1.54) is 13.8 Å². The Morgan fingerprint density at radius 3 is 1.95 bits per heavy atom. The van der Waals surface area contributed by atoms with Crippen molar-refractivity contribution < 1.29 is 42.9 Å². The van der Waals surface area contributed by atoms with Crippen LogP contribution in [0.2, 0.25) is 0 Å². The van der Waals surface area contributed by atoms with Crippen molar-refractivity contribution in [2.75, 3.05) is 6.61 Å². The summed E-state index contributed by atoms with van der Waals surface area (Å²) in [6, 6.07) is 18.2. The first-order valence-corrected chi connectivity index (χ1v) is 13.6. The van der Waals surface area contributed by atoms with Crippen molar-refractivity contribution in [3.8, 4) is 23.0 Å². The first-order chi connectivity index (χ1) is 20.1. The third kappa shape index (κ3) is 7.13. The second-order valence-electron chi connectivity index (χ2n) is 9.75. The monoisotopic (exact) mass is 575 g/mol. The molecule has 4 rings (SSSR count). The van der Waals surface area contributed by atoms with Gasteiger partial charge in [0.15, 0.2) is 0 Å².